The van der Waals surface area contributed by atoms with Gasteiger partial charge in [-0.15, -0.1) is 0 Å². The van der Waals surface area contributed by atoms with Gasteiger partial charge in [-0.25, -0.2) is 0 Å². The van der Waals surface area contributed by atoms with Crippen LogP contribution in [0.2, 0.25) is 10.0 Å². The molecule has 0 saturated carbocycles. The van der Waals surface area contributed by atoms with Crippen LogP contribution in [0, 0.1) is 0 Å². The maximum absolute atomic E-state index is 13.1. The van der Waals surface area contributed by atoms with Crippen LogP contribution in [0.1, 0.15) is 44.2 Å². The summed E-state index contributed by atoms with van der Waals surface area (Å²) in [5, 5.41) is 3.88. The number of aryl methyl sites for hydroxylation is 1. The molecule has 2 aromatic carbocycles. The maximum Gasteiger partial charge on any atom is 0.242 e. The van der Waals surface area contributed by atoms with E-state index in [4.69, 9.17) is 23.2 Å². The third-order valence-corrected chi connectivity index (χ3v) is 5.57. The monoisotopic (exact) mass is 434 g/mol. The summed E-state index contributed by atoms with van der Waals surface area (Å²) in [6.45, 7) is 4.59. The number of amides is 2. The lowest BCUT2D eigenvalue weighted by atomic mass is 10.1. The molecule has 0 aliphatic heterocycles. The van der Waals surface area contributed by atoms with Crippen molar-refractivity contribution < 1.29 is 9.59 Å². The van der Waals surface area contributed by atoms with Gasteiger partial charge < -0.3 is 10.2 Å². The zero-order valence-electron chi connectivity index (χ0n) is 17.0. The number of carbonyl (C=O) groups excluding carboxylic acids is 2. The summed E-state index contributed by atoms with van der Waals surface area (Å²) in [5.74, 6) is -0.280. The van der Waals surface area contributed by atoms with Gasteiger partial charge in [-0.05, 0) is 37.5 Å². The molecule has 0 saturated heterocycles. The van der Waals surface area contributed by atoms with Crippen LogP contribution in [-0.4, -0.2) is 29.3 Å². The molecule has 0 heterocycles. The van der Waals surface area contributed by atoms with Crippen LogP contribution in [-0.2, 0) is 22.6 Å². The van der Waals surface area contributed by atoms with Gasteiger partial charge in [0.25, 0.3) is 0 Å². The molecule has 2 aromatic rings. The molecule has 2 rings (SSSR count). The molecule has 0 bridgehead atoms. The van der Waals surface area contributed by atoms with Gasteiger partial charge in [0.2, 0.25) is 11.8 Å². The summed E-state index contributed by atoms with van der Waals surface area (Å²) in [4.78, 5) is 27.3. The van der Waals surface area contributed by atoms with Gasteiger partial charge in [0.05, 0.1) is 0 Å². The first-order chi connectivity index (χ1) is 13.9. The Balaban J connectivity index is 2.17. The van der Waals surface area contributed by atoms with Crippen molar-refractivity contribution in [1.82, 2.24) is 10.2 Å². The molecular formula is C23H28Cl2N2O2. The van der Waals surface area contributed by atoms with Crippen LogP contribution in [0.15, 0.2) is 48.5 Å². The molecule has 0 aromatic heterocycles. The van der Waals surface area contributed by atoms with Crippen molar-refractivity contribution in [2.24, 2.45) is 0 Å². The first-order valence-corrected chi connectivity index (χ1v) is 10.7. The zero-order valence-corrected chi connectivity index (χ0v) is 18.5. The highest BCUT2D eigenvalue weighted by molar-refractivity contribution is 6.36. The van der Waals surface area contributed by atoms with E-state index in [9.17, 15) is 9.59 Å². The predicted molar refractivity (Wildman–Crippen MR) is 119 cm³/mol. The number of halogens is 2. The van der Waals surface area contributed by atoms with Crippen LogP contribution in [0.3, 0.4) is 0 Å². The van der Waals surface area contributed by atoms with Gasteiger partial charge in [0.15, 0.2) is 0 Å². The normalized spacial score (nSPS) is 11.7. The van der Waals surface area contributed by atoms with E-state index < -0.39 is 6.04 Å². The van der Waals surface area contributed by atoms with Crippen LogP contribution in [0.25, 0.3) is 0 Å². The Bertz CT molecular complexity index is 792. The first-order valence-electron chi connectivity index (χ1n) is 9.98. The van der Waals surface area contributed by atoms with Crippen molar-refractivity contribution in [2.45, 2.75) is 52.1 Å². The third-order valence-electron chi connectivity index (χ3n) is 4.86. The number of hydrogen-bond acceptors (Lipinski definition) is 2. The van der Waals surface area contributed by atoms with E-state index in [1.807, 2.05) is 30.3 Å². The SMILES string of the molecule is CCCCNC(=O)[C@H](C)N(Cc1c(Cl)cccc1Cl)C(=O)CCc1ccccc1. The largest absolute Gasteiger partial charge is 0.354 e. The molecule has 156 valence electrons. The molecular weight excluding hydrogens is 407 g/mol. The molecule has 29 heavy (non-hydrogen) atoms. The smallest absolute Gasteiger partial charge is 0.242 e. The summed E-state index contributed by atoms with van der Waals surface area (Å²) in [6, 6.07) is 14.4. The number of nitrogens with one attached hydrogen (secondary N) is 1. The van der Waals surface area contributed by atoms with E-state index in [0.29, 0.717) is 35.0 Å². The lowest BCUT2D eigenvalue weighted by molar-refractivity contribution is -0.140. The average Bonchev–Trinajstić information content (AvgIpc) is 2.72. The number of benzene rings is 2. The molecule has 1 atom stereocenters. The fraction of sp³-hybridized carbons (Fsp3) is 0.391. The Morgan fingerprint density at radius 2 is 1.69 bits per heavy atom. The van der Waals surface area contributed by atoms with Crippen molar-refractivity contribution in [1.29, 1.82) is 0 Å². The highest BCUT2D eigenvalue weighted by Crippen LogP contribution is 2.27. The number of rotatable bonds is 10. The second kappa shape index (κ2) is 11.8. The fourth-order valence-electron chi connectivity index (χ4n) is 3.01. The standard InChI is InChI=1S/C23H28Cl2N2O2/c1-3-4-15-26-23(29)17(2)27(16-19-20(24)11-8-12-21(19)25)22(28)14-13-18-9-6-5-7-10-18/h5-12,17H,3-4,13-16H2,1-2H3,(H,26,29)/t17-/m0/s1. The summed E-state index contributed by atoms with van der Waals surface area (Å²) in [7, 11) is 0. The highest BCUT2D eigenvalue weighted by atomic mass is 35.5. The summed E-state index contributed by atoms with van der Waals surface area (Å²) >= 11 is 12.6. The minimum absolute atomic E-state index is 0.108. The second-order valence-corrected chi connectivity index (χ2v) is 7.84. The van der Waals surface area contributed by atoms with Gasteiger partial charge in [-0.2, -0.15) is 0 Å². The first kappa shape index (κ1) is 23.2. The van der Waals surface area contributed by atoms with E-state index in [0.717, 1.165) is 18.4 Å². The van der Waals surface area contributed by atoms with Crippen LogP contribution in [0.5, 0.6) is 0 Å². The number of nitrogens with zero attached hydrogens (tertiary/aromatic N) is 1. The summed E-state index contributed by atoms with van der Waals surface area (Å²) in [6.07, 6.45) is 2.80. The van der Waals surface area contributed by atoms with Crippen LogP contribution >= 0.6 is 23.2 Å². The van der Waals surface area contributed by atoms with E-state index in [2.05, 4.69) is 12.2 Å². The quantitative estimate of drug-likeness (QED) is 0.518. The minimum Gasteiger partial charge on any atom is -0.354 e. The zero-order chi connectivity index (χ0) is 21.2. The fourth-order valence-corrected chi connectivity index (χ4v) is 3.53. The lowest BCUT2D eigenvalue weighted by Crippen LogP contribution is -2.48. The maximum atomic E-state index is 13.1. The van der Waals surface area contributed by atoms with E-state index >= 15 is 0 Å². The van der Waals surface area contributed by atoms with Gasteiger partial charge in [-0.1, -0.05) is 72.9 Å². The number of hydrogen-bond donors (Lipinski definition) is 1. The molecule has 2 amide bonds. The third kappa shape index (κ3) is 7.06. The molecule has 6 heteroatoms. The van der Waals surface area contributed by atoms with Crippen molar-refractivity contribution in [2.75, 3.05) is 6.54 Å². The summed E-state index contributed by atoms with van der Waals surface area (Å²) < 4.78 is 0. The average molecular weight is 435 g/mol. The summed E-state index contributed by atoms with van der Waals surface area (Å²) in [5.41, 5.74) is 1.73. The Labute approximate surface area is 183 Å². The van der Waals surface area contributed by atoms with Crippen molar-refractivity contribution in [3.63, 3.8) is 0 Å². The molecule has 0 fully saturated rings. The highest BCUT2D eigenvalue weighted by Gasteiger charge is 2.27. The number of carbonyl (C=O) groups is 2. The Morgan fingerprint density at radius 3 is 2.31 bits per heavy atom. The predicted octanol–water partition coefficient (Wildman–Crippen LogP) is 5.26. The molecule has 0 unspecified atom stereocenters. The molecule has 0 radical (unpaired) electrons. The minimum atomic E-state index is -0.623. The van der Waals surface area contributed by atoms with Crippen LogP contribution < -0.4 is 5.32 Å². The van der Waals surface area contributed by atoms with Gasteiger partial charge in [0.1, 0.15) is 6.04 Å². The molecule has 0 aliphatic rings. The second-order valence-electron chi connectivity index (χ2n) is 7.03. The van der Waals surface area contributed by atoms with Crippen LogP contribution in [0.4, 0.5) is 0 Å². The molecule has 1 N–H and O–H groups in total. The lowest BCUT2D eigenvalue weighted by Gasteiger charge is -2.29. The molecule has 0 aliphatic carbocycles. The number of unbranched alkanes of at least 4 members (excludes halogenated alkanes) is 1. The molecule has 4 nitrogen and oxygen atoms in total. The Hall–Kier alpha value is -2.04. The van der Waals surface area contributed by atoms with E-state index in [1.165, 1.54) is 0 Å². The Morgan fingerprint density at radius 1 is 1.03 bits per heavy atom. The van der Waals surface area contributed by atoms with Gasteiger partial charge in [-0.3, -0.25) is 9.59 Å². The van der Waals surface area contributed by atoms with Crippen molar-refractivity contribution in [3.05, 3.63) is 69.7 Å². The van der Waals surface area contributed by atoms with Crippen molar-refractivity contribution >= 4 is 35.0 Å². The van der Waals surface area contributed by atoms with Gasteiger partial charge >= 0.3 is 0 Å². The topological polar surface area (TPSA) is 49.4 Å². The van der Waals surface area contributed by atoms with Gasteiger partial charge in [0, 0.05) is 35.1 Å². The van der Waals surface area contributed by atoms with E-state index in [-0.39, 0.29) is 18.4 Å². The Kier molecular flexibility index (Phi) is 9.49. The van der Waals surface area contributed by atoms with E-state index in [1.54, 1.807) is 30.0 Å². The molecule has 0 spiro atoms. The van der Waals surface area contributed by atoms with Crippen molar-refractivity contribution in [3.8, 4) is 0 Å².